The number of hydrogen-bond acceptors (Lipinski definition) is 5. The van der Waals surface area contributed by atoms with Crippen molar-refractivity contribution in [1.82, 2.24) is 9.80 Å². The lowest BCUT2D eigenvalue weighted by molar-refractivity contribution is -0.127. The molecular weight excluding hydrogens is 364 g/mol. The predicted octanol–water partition coefficient (Wildman–Crippen LogP) is 1.14. The highest BCUT2D eigenvalue weighted by atomic mass is 32.2. The molecule has 3 heterocycles. The molecule has 0 aliphatic carbocycles. The van der Waals surface area contributed by atoms with Gasteiger partial charge in [0.25, 0.3) is 15.9 Å². The molecule has 0 bridgehead atoms. The Hall–Kier alpha value is -2.61. The molecule has 1 amide bonds. The van der Waals surface area contributed by atoms with Crippen molar-refractivity contribution in [3.63, 3.8) is 0 Å². The van der Waals surface area contributed by atoms with Gasteiger partial charge in [0.05, 0.1) is 11.3 Å². The summed E-state index contributed by atoms with van der Waals surface area (Å²) in [6, 6.07) is 8.28. The Balaban J connectivity index is 1.43. The third kappa shape index (κ3) is 3.62. The molecule has 0 N–H and O–H groups in total. The van der Waals surface area contributed by atoms with Crippen LogP contribution in [0.15, 0.2) is 52.6 Å². The molecule has 1 saturated heterocycles. The van der Waals surface area contributed by atoms with Gasteiger partial charge in [-0.25, -0.2) is 8.42 Å². The first-order valence-corrected chi connectivity index (χ1v) is 10.6. The van der Waals surface area contributed by atoms with Crippen molar-refractivity contribution in [1.29, 1.82) is 0 Å². The molecular formula is C19H22N4O3S. The standard InChI is InChI=1S/C19H22N4O3S/c1-15-4-2-3-5-17(15)21-8-10-22(11-9-21)19(24)16-6-7-18-20-27(25,26)13-12-23(18)14-16/h2-7,14H,8-13H2,1H3. The summed E-state index contributed by atoms with van der Waals surface area (Å²) in [5.41, 5.74) is 3.02. The molecule has 142 valence electrons. The van der Waals surface area contributed by atoms with Crippen LogP contribution in [-0.2, 0) is 14.8 Å². The number of carbonyl (C=O) groups excluding carboxylic acids is 1. The van der Waals surface area contributed by atoms with Crippen LogP contribution in [0.1, 0.15) is 5.56 Å². The van der Waals surface area contributed by atoms with Crippen molar-refractivity contribution < 1.29 is 13.2 Å². The molecule has 0 unspecified atom stereocenters. The lowest BCUT2D eigenvalue weighted by Gasteiger charge is -2.37. The smallest absolute Gasteiger partial charge is 0.256 e. The van der Waals surface area contributed by atoms with E-state index in [0.29, 0.717) is 31.0 Å². The fourth-order valence-corrected chi connectivity index (χ4v) is 4.55. The lowest BCUT2D eigenvalue weighted by atomic mass is 10.1. The maximum Gasteiger partial charge on any atom is 0.256 e. The molecule has 0 spiro atoms. The summed E-state index contributed by atoms with van der Waals surface area (Å²) in [6.07, 6.45) is 4.98. The first-order chi connectivity index (χ1) is 12.9. The van der Waals surface area contributed by atoms with E-state index in [1.54, 1.807) is 23.3 Å². The summed E-state index contributed by atoms with van der Waals surface area (Å²) in [4.78, 5) is 18.8. The number of fused-ring (bicyclic) bond motifs is 1. The molecule has 1 aromatic carbocycles. The van der Waals surface area contributed by atoms with Gasteiger partial charge in [-0.3, -0.25) is 4.79 Å². The zero-order chi connectivity index (χ0) is 19.0. The van der Waals surface area contributed by atoms with E-state index in [1.165, 1.54) is 11.3 Å². The summed E-state index contributed by atoms with van der Waals surface area (Å²) in [5, 5.41) is 0. The number of anilines is 1. The van der Waals surface area contributed by atoms with Gasteiger partial charge in [0.2, 0.25) is 0 Å². The highest BCUT2D eigenvalue weighted by Crippen LogP contribution is 2.22. The molecule has 1 aromatic rings. The highest BCUT2D eigenvalue weighted by Gasteiger charge is 2.28. The average Bonchev–Trinajstić information content (AvgIpc) is 2.67. The summed E-state index contributed by atoms with van der Waals surface area (Å²) < 4.78 is 26.9. The molecule has 1 fully saturated rings. The Morgan fingerprint density at radius 3 is 2.52 bits per heavy atom. The van der Waals surface area contributed by atoms with Gasteiger partial charge in [-0.2, -0.15) is 0 Å². The van der Waals surface area contributed by atoms with Crippen LogP contribution >= 0.6 is 0 Å². The second-order valence-electron chi connectivity index (χ2n) is 6.91. The van der Waals surface area contributed by atoms with Crippen molar-refractivity contribution in [2.24, 2.45) is 4.40 Å². The Kier molecular flexibility index (Phi) is 4.51. The molecule has 0 radical (unpaired) electrons. The van der Waals surface area contributed by atoms with Crippen LogP contribution in [0.3, 0.4) is 0 Å². The second-order valence-corrected chi connectivity index (χ2v) is 8.67. The number of amides is 1. The normalized spacial score (nSPS) is 21.4. The monoisotopic (exact) mass is 386 g/mol. The van der Waals surface area contributed by atoms with Crippen LogP contribution in [0, 0.1) is 6.92 Å². The first-order valence-electron chi connectivity index (χ1n) is 9.02. The van der Waals surface area contributed by atoms with Gasteiger partial charge in [-0.1, -0.05) is 18.2 Å². The number of aryl methyl sites for hydroxylation is 1. The van der Waals surface area contributed by atoms with E-state index in [1.807, 2.05) is 17.0 Å². The number of piperazine rings is 1. The van der Waals surface area contributed by atoms with E-state index in [0.717, 1.165) is 13.1 Å². The molecule has 0 saturated carbocycles. The maximum absolute atomic E-state index is 12.9. The Labute approximate surface area is 159 Å². The zero-order valence-corrected chi connectivity index (χ0v) is 16.0. The van der Waals surface area contributed by atoms with Gasteiger partial charge >= 0.3 is 0 Å². The van der Waals surface area contributed by atoms with Crippen molar-refractivity contribution in [3.8, 4) is 0 Å². The van der Waals surface area contributed by atoms with E-state index in [-0.39, 0.29) is 11.7 Å². The molecule has 0 atom stereocenters. The van der Waals surface area contributed by atoms with E-state index >= 15 is 0 Å². The van der Waals surface area contributed by atoms with Gasteiger partial charge in [0.15, 0.2) is 0 Å². The highest BCUT2D eigenvalue weighted by molar-refractivity contribution is 7.90. The number of hydrogen-bond donors (Lipinski definition) is 0. The molecule has 3 aliphatic heterocycles. The van der Waals surface area contributed by atoms with Crippen molar-refractivity contribution in [2.45, 2.75) is 6.92 Å². The number of benzene rings is 1. The average molecular weight is 386 g/mol. The minimum atomic E-state index is -3.38. The first kappa shape index (κ1) is 17.8. The number of amidine groups is 1. The minimum Gasteiger partial charge on any atom is -0.368 e. The lowest BCUT2D eigenvalue weighted by Crippen LogP contribution is -2.49. The number of rotatable bonds is 2. The topological polar surface area (TPSA) is 73.3 Å². The second kappa shape index (κ2) is 6.84. The van der Waals surface area contributed by atoms with E-state index in [2.05, 4.69) is 28.4 Å². The van der Waals surface area contributed by atoms with Crippen molar-refractivity contribution in [2.75, 3.05) is 43.4 Å². The largest absolute Gasteiger partial charge is 0.368 e. The SMILES string of the molecule is Cc1ccccc1N1CCN(C(=O)C2=CN3CCS(=O)(=O)N=C3C=C2)CC1. The third-order valence-corrected chi connectivity index (χ3v) is 6.26. The van der Waals surface area contributed by atoms with Gasteiger partial charge in [-0.15, -0.1) is 4.40 Å². The van der Waals surface area contributed by atoms with Crippen LogP contribution in [0.4, 0.5) is 5.69 Å². The molecule has 27 heavy (non-hydrogen) atoms. The van der Waals surface area contributed by atoms with Crippen LogP contribution in [0.25, 0.3) is 0 Å². The Bertz CT molecular complexity index is 957. The van der Waals surface area contributed by atoms with Gasteiger partial charge < -0.3 is 14.7 Å². The van der Waals surface area contributed by atoms with Gasteiger partial charge in [0, 0.05) is 44.6 Å². The molecule has 8 heteroatoms. The number of sulfonamides is 1. The quantitative estimate of drug-likeness (QED) is 0.762. The zero-order valence-electron chi connectivity index (χ0n) is 15.2. The van der Waals surface area contributed by atoms with Crippen molar-refractivity contribution >= 4 is 27.5 Å². The number of para-hydroxylation sites is 1. The molecule has 3 aliphatic rings. The number of nitrogens with zero attached hydrogens (tertiary/aromatic N) is 4. The Morgan fingerprint density at radius 2 is 1.78 bits per heavy atom. The van der Waals surface area contributed by atoms with Crippen LogP contribution in [0.5, 0.6) is 0 Å². The van der Waals surface area contributed by atoms with E-state index in [4.69, 9.17) is 0 Å². The predicted molar refractivity (Wildman–Crippen MR) is 105 cm³/mol. The summed E-state index contributed by atoms with van der Waals surface area (Å²) >= 11 is 0. The van der Waals surface area contributed by atoms with Crippen molar-refractivity contribution in [3.05, 3.63) is 53.8 Å². The molecule has 0 aromatic heterocycles. The van der Waals surface area contributed by atoms with Gasteiger partial charge in [-0.05, 0) is 30.7 Å². The molecule has 4 rings (SSSR count). The molecule has 7 nitrogen and oxygen atoms in total. The van der Waals surface area contributed by atoms with Crippen LogP contribution in [0.2, 0.25) is 0 Å². The summed E-state index contributed by atoms with van der Waals surface area (Å²) in [5.74, 6) is 0.322. The Morgan fingerprint density at radius 1 is 1.04 bits per heavy atom. The van der Waals surface area contributed by atoms with Crippen LogP contribution < -0.4 is 4.90 Å². The van der Waals surface area contributed by atoms with Crippen LogP contribution in [-0.4, -0.2) is 68.4 Å². The van der Waals surface area contributed by atoms with Gasteiger partial charge in [0.1, 0.15) is 5.84 Å². The summed E-state index contributed by atoms with van der Waals surface area (Å²) in [6.45, 7) is 5.33. The van der Waals surface area contributed by atoms with E-state index in [9.17, 15) is 13.2 Å². The van der Waals surface area contributed by atoms with E-state index < -0.39 is 10.0 Å². The third-order valence-electron chi connectivity index (χ3n) is 5.09. The maximum atomic E-state index is 12.9. The number of carbonyl (C=O) groups is 1. The fourth-order valence-electron chi connectivity index (χ4n) is 3.58. The fraction of sp³-hybridized carbons (Fsp3) is 0.368. The summed E-state index contributed by atoms with van der Waals surface area (Å²) in [7, 11) is -3.38. The minimum absolute atomic E-state index is 0.0248.